The molecule has 1 rings (SSSR count). The largest absolute Gasteiger partial charge is 0.370 e. The zero-order valence-electron chi connectivity index (χ0n) is 12.4. The first-order valence-corrected chi connectivity index (χ1v) is 7.18. The molecule has 0 aromatic carbocycles. The first-order chi connectivity index (χ1) is 8.28. The van der Waals surface area contributed by atoms with Crippen LogP contribution < -0.4 is 11.1 Å². The number of aromatic nitrogens is 1. The fraction of sp³-hybridized carbons (Fsp3) is 0.692. The molecule has 0 spiro atoms. The van der Waals surface area contributed by atoms with Gasteiger partial charge in [0.1, 0.15) is 0 Å². The summed E-state index contributed by atoms with van der Waals surface area (Å²) in [5.74, 6) is 1.00. The van der Waals surface area contributed by atoms with E-state index in [9.17, 15) is 0 Å². The van der Waals surface area contributed by atoms with Gasteiger partial charge in [-0.05, 0) is 20.8 Å². The summed E-state index contributed by atoms with van der Waals surface area (Å²) in [4.78, 5) is 8.88. The van der Waals surface area contributed by atoms with E-state index in [1.54, 1.807) is 11.3 Å². The molecule has 3 N–H and O–H groups in total. The van der Waals surface area contributed by atoms with Gasteiger partial charge in [0.15, 0.2) is 5.96 Å². The standard InChI is InChI=1S/C13H24N4S.HI/c1-9(2)11-16-10(8-18-11)6-7-15-12(14)17-13(3,4)5;/h8-9H,6-7H2,1-5H3,(H3,14,15,17);1H. The van der Waals surface area contributed by atoms with E-state index in [1.165, 1.54) is 5.01 Å². The molecule has 0 aliphatic rings. The highest BCUT2D eigenvalue weighted by atomic mass is 127. The number of nitrogens with zero attached hydrogens (tertiary/aromatic N) is 2. The Morgan fingerprint density at radius 3 is 2.58 bits per heavy atom. The maximum Gasteiger partial charge on any atom is 0.188 e. The second kappa shape index (κ2) is 8.04. The minimum Gasteiger partial charge on any atom is -0.370 e. The quantitative estimate of drug-likeness (QED) is 0.467. The Labute approximate surface area is 137 Å². The zero-order chi connectivity index (χ0) is 13.8. The lowest BCUT2D eigenvalue weighted by molar-refractivity contribution is 0.508. The van der Waals surface area contributed by atoms with E-state index in [1.807, 2.05) is 0 Å². The summed E-state index contributed by atoms with van der Waals surface area (Å²) in [5, 5.41) is 6.44. The normalized spacial score (nSPS) is 12.4. The zero-order valence-corrected chi connectivity index (χ0v) is 15.5. The third-order valence-electron chi connectivity index (χ3n) is 2.22. The smallest absolute Gasteiger partial charge is 0.188 e. The average molecular weight is 396 g/mol. The van der Waals surface area contributed by atoms with Gasteiger partial charge in [-0.15, -0.1) is 35.3 Å². The van der Waals surface area contributed by atoms with Gasteiger partial charge in [0.05, 0.1) is 10.7 Å². The molecule has 0 fully saturated rings. The van der Waals surface area contributed by atoms with E-state index in [2.05, 4.69) is 55.3 Å². The molecule has 0 amide bonds. The SMILES string of the molecule is CC(C)c1nc(CCN=C(N)NC(C)(C)C)cs1.I. The third-order valence-corrected chi connectivity index (χ3v) is 3.41. The molecule has 0 aliphatic heterocycles. The minimum absolute atomic E-state index is 0. The molecule has 110 valence electrons. The van der Waals surface area contributed by atoms with Gasteiger partial charge < -0.3 is 11.1 Å². The van der Waals surface area contributed by atoms with Crippen LogP contribution in [-0.2, 0) is 6.42 Å². The first kappa shape index (κ1) is 18.6. The Kier molecular flexibility index (Phi) is 7.88. The molecule has 0 saturated carbocycles. The average Bonchev–Trinajstić information content (AvgIpc) is 2.63. The molecule has 0 aliphatic carbocycles. The van der Waals surface area contributed by atoms with Crippen molar-refractivity contribution in [1.82, 2.24) is 10.3 Å². The second-order valence-corrected chi connectivity index (χ2v) is 6.61. The van der Waals surface area contributed by atoms with E-state index in [0.29, 0.717) is 18.4 Å². The predicted octanol–water partition coefficient (Wildman–Crippen LogP) is 3.13. The molecule has 0 radical (unpaired) electrons. The molecule has 0 bridgehead atoms. The number of hydrogen-bond donors (Lipinski definition) is 2. The van der Waals surface area contributed by atoms with Crippen LogP contribution in [0.2, 0.25) is 0 Å². The maximum atomic E-state index is 5.80. The molecule has 0 saturated heterocycles. The molecule has 0 unspecified atom stereocenters. The van der Waals surface area contributed by atoms with Crippen molar-refractivity contribution in [2.75, 3.05) is 6.54 Å². The summed E-state index contributed by atoms with van der Waals surface area (Å²) in [7, 11) is 0. The van der Waals surface area contributed by atoms with Crippen molar-refractivity contribution >= 4 is 41.3 Å². The van der Waals surface area contributed by atoms with Crippen LogP contribution in [0.1, 0.15) is 51.2 Å². The van der Waals surface area contributed by atoms with Gasteiger partial charge in [0, 0.05) is 29.8 Å². The van der Waals surface area contributed by atoms with Crippen LogP contribution in [0.3, 0.4) is 0 Å². The Balaban J connectivity index is 0.00000324. The van der Waals surface area contributed by atoms with Gasteiger partial charge >= 0.3 is 0 Å². The van der Waals surface area contributed by atoms with Crippen LogP contribution >= 0.6 is 35.3 Å². The number of hydrogen-bond acceptors (Lipinski definition) is 3. The Bertz CT molecular complexity index is 407. The molecular weight excluding hydrogens is 371 g/mol. The van der Waals surface area contributed by atoms with Crippen molar-refractivity contribution in [3.05, 3.63) is 16.1 Å². The second-order valence-electron chi connectivity index (χ2n) is 5.72. The molecule has 1 aromatic rings. The minimum atomic E-state index is -0.0426. The number of guanidine groups is 1. The Morgan fingerprint density at radius 2 is 2.11 bits per heavy atom. The maximum absolute atomic E-state index is 5.80. The van der Waals surface area contributed by atoms with E-state index in [-0.39, 0.29) is 29.5 Å². The number of halogens is 1. The third kappa shape index (κ3) is 7.71. The summed E-state index contributed by atoms with van der Waals surface area (Å²) < 4.78 is 0. The Hall–Kier alpha value is -0.370. The van der Waals surface area contributed by atoms with Crippen molar-refractivity contribution in [3.63, 3.8) is 0 Å². The summed E-state index contributed by atoms with van der Waals surface area (Å²) in [6.07, 6.45) is 0.843. The first-order valence-electron chi connectivity index (χ1n) is 6.30. The number of nitrogens with one attached hydrogen (secondary N) is 1. The molecule has 19 heavy (non-hydrogen) atoms. The van der Waals surface area contributed by atoms with Crippen molar-refractivity contribution in [2.24, 2.45) is 10.7 Å². The number of rotatable bonds is 4. The highest BCUT2D eigenvalue weighted by Gasteiger charge is 2.09. The molecule has 4 nitrogen and oxygen atoms in total. The molecule has 0 atom stereocenters. The van der Waals surface area contributed by atoms with E-state index >= 15 is 0 Å². The van der Waals surface area contributed by atoms with E-state index in [0.717, 1.165) is 12.1 Å². The number of nitrogens with two attached hydrogens (primary N) is 1. The molecule has 1 aromatic heterocycles. The van der Waals surface area contributed by atoms with Crippen molar-refractivity contribution in [1.29, 1.82) is 0 Å². The van der Waals surface area contributed by atoms with Gasteiger partial charge in [0.2, 0.25) is 0 Å². The number of thiazole rings is 1. The van der Waals surface area contributed by atoms with Crippen LogP contribution in [0.4, 0.5) is 0 Å². The van der Waals surface area contributed by atoms with Crippen LogP contribution in [-0.4, -0.2) is 23.0 Å². The predicted molar refractivity (Wildman–Crippen MR) is 94.7 cm³/mol. The van der Waals surface area contributed by atoms with Crippen molar-refractivity contribution in [3.8, 4) is 0 Å². The number of aliphatic imine (C=N–C) groups is 1. The van der Waals surface area contributed by atoms with Gasteiger partial charge in [0.25, 0.3) is 0 Å². The van der Waals surface area contributed by atoms with Crippen LogP contribution in [0.15, 0.2) is 10.4 Å². The van der Waals surface area contributed by atoms with Gasteiger partial charge in [-0.3, -0.25) is 4.99 Å². The van der Waals surface area contributed by atoms with Crippen LogP contribution in [0.25, 0.3) is 0 Å². The summed E-state index contributed by atoms with van der Waals surface area (Å²) >= 11 is 1.72. The Morgan fingerprint density at radius 1 is 1.47 bits per heavy atom. The molecule has 1 heterocycles. The van der Waals surface area contributed by atoms with Gasteiger partial charge in [-0.1, -0.05) is 13.8 Å². The lowest BCUT2D eigenvalue weighted by atomic mass is 10.1. The molecule has 6 heteroatoms. The summed E-state index contributed by atoms with van der Waals surface area (Å²) in [6, 6.07) is 0. The van der Waals surface area contributed by atoms with E-state index < -0.39 is 0 Å². The van der Waals surface area contributed by atoms with Gasteiger partial charge in [-0.2, -0.15) is 0 Å². The van der Waals surface area contributed by atoms with Crippen LogP contribution in [0.5, 0.6) is 0 Å². The monoisotopic (exact) mass is 396 g/mol. The van der Waals surface area contributed by atoms with E-state index in [4.69, 9.17) is 5.73 Å². The fourth-order valence-corrected chi connectivity index (χ4v) is 2.29. The van der Waals surface area contributed by atoms with Gasteiger partial charge in [-0.25, -0.2) is 4.98 Å². The summed E-state index contributed by atoms with van der Waals surface area (Å²) in [6.45, 7) is 11.2. The van der Waals surface area contributed by atoms with Crippen LogP contribution in [0, 0.1) is 0 Å². The van der Waals surface area contributed by atoms with Crippen molar-refractivity contribution in [2.45, 2.75) is 52.5 Å². The fourth-order valence-electron chi connectivity index (χ4n) is 1.42. The topological polar surface area (TPSA) is 63.3 Å². The lowest BCUT2D eigenvalue weighted by Gasteiger charge is -2.20. The highest BCUT2D eigenvalue weighted by Crippen LogP contribution is 2.19. The summed E-state index contributed by atoms with van der Waals surface area (Å²) in [5.41, 5.74) is 6.86. The van der Waals surface area contributed by atoms with Crippen molar-refractivity contribution < 1.29 is 0 Å². The highest BCUT2D eigenvalue weighted by molar-refractivity contribution is 14.0. The lowest BCUT2D eigenvalue weighted by Crippen LogP contribution is -2.45. The molecular formula is C13H25IN4S.